The zero-order valence-corrected chi connectivity index (χ0v) is 25.8. The molecule has 44 heavy (non-hydrogen) atoms. The molecule has 0 atom stereocenters. The first-order chi connectivity index (χ1) is 21.4. The molecule has 0 amide bonds. The van der Waals surface area contributed by atoms with Gasteiger partial charge in [-0.15, -0.1) is 0 Å². The first-order valence-corrected chi connectivity index (χ1v) is 15.5. The molecule has 0 N–H and O–H groups in total. The summed E-state index contributed by atoms with van der Waals surface area (Å²) in [6.07, 6.45) is 3.90. The molecule has 0 saturated heterocycles. The number of ketones is 1. The summed E-state index contributed by atoms with van der Waals surface area (Å²) in [5, 5.41) is 6.39. The minimum Gasteiger partial charge on any atom is -0.318 e. The van der Waals surface area contributed by atoms with Crippen LogP contribution in [0, 0.1) is 6.92 Å². The third kappa shape index (κ3) is 5.05. The number of rotatable bonds is 9. The fourth-order valence-corrected chi connectivity index (χ4v) is 7.09. The van der Waals surface area contributed by atoms with Crippen LogP contribution in [-0.2, 0) is 15.0 Å². The quantitative estimate of drug-likeness (QED) is 0.0756. The lowest BCUT2D eigenvalue weighted by molar-refractivity contribution is -0.140. The fraction of sp³-hybridized carbons (Fsp3) is 0.225. The molecule has 0 radical (unpaired) electrons. The molecular weight excluding hydrogens is 542 g/mol. The van der Waals surface area contributed by atoms with Gasteiger partial charge in [0.05, 0.1) is 0 Å². The Labute approximate surface area is 259 Å². The van der Waals surface area contributed by atoms with E-state index in [0.717, 1.165) is 58.7 Å². The van der Waals surface area contributed by atoms with Gasteiger partial charge in [0.1, 0.15) is 5.71 Å². The number of carbonyl (C=O) groups is 2. The van der Waals surface area contributed by atoms with Crippen molar-refractivity contribution in [3.63, 3.8) is 0 Å². The van der Waals surface area contributed by atoms with E-state index in [1.165, 1.54) is 29.2 Å². The van der Waals surface area contributed by atoms with Gasteiger partial charge in [0.2, 0.25) is 0 Å². The number of oxime groups is 1. The summed E-state index contributed by atoms with van der Waals surface area (Å²) in [5.41, 5.74) is 9.50. The van der Waals surface area contributed by atoms with Crippen molar-refractivity contribution in [2.75, 3.05) is 0 Å². The molecule has 0 unspecified atom stereocenters. The molecule has 0 saturated carbocycles. The molecule has 4 nitrogen and oxygen atoms in total. The van der Waals surface area contributed by atoms with E-state index < -0.39 is 5.97 Å². The molecule has 0 bridgehead atoms. The van der Waals surface area contributed by atoms with Crippen LogP contribution in [0.5, 0.6) is 0 Å². The van der Waals surface area contributed by atoms with Crippen LogP contribution in [0.3, 0.4) is 0 Å². The van der Waals surface area contributed by atoms with Gasteiger partial charge >= 0.3 is 5.97 Å². The van der Waals surface area contributed by atoms with Crippen molar-refractivity contribution in [2.45, 2.75) is 58.8 Å². The van der Waals surface area contributed by atoms with E-state index in [0.29, 0.717) is 11.3 Å². The van der Waals surface area contributed by atoms with E-state index in [2.05, 4.69) is 49.3 Å². The monoisotopic (exact) mass is 579 g/mol. The number of fused-ring (bicyclic) bond motifs is 4. The van der Waals surface area contributed by atoms with Crippen molar-refractivity contribution in [1.82, 2.24) is 0 Å². The maximum atomic E-state index is 14.1. The highest BCUT2D eigenvalue weighted by molar-refractivity contribution is 6.17. The van der Waals surface area contributed by atoms with E-state index in [4.69, 9.17) is 4.84 Å². The minimum atomic E-state index is -0.459. The molecule has 1 aliphatic carbocycles. The van der Waals surface area contributed by atoms with Crippen LogP contribution in [-0.4, -0.2) is 17.5 Å². The number of hydrogen-bond acceptors (Lipinski definition) is 4. The third-order valence-corrected chi connectivity index (χ3v) is 8.95. The number of aryl methyl sites for hydroxylation is 1. The van der Waals surface area contributed by atoms with E-state index in [1.807, 2.05) is 79.7 Å². The van der Waals surface area contributed by atoms with Gasteiger partial charge in [-0.2, -0.15) is 0 Å². The van der Waals surface area contributed by atoms with Crippen LogP contribution < -0.4 is 0 Å². The van der Waals surface area contributed by atoms with Crippen LogP contribution in [0.25, 0.3) is 21.9 Å². The Morgan fingerprint density at radius 1 is 0.705 bits per heavy atom. The second-order valence-electron chi connectivity index (χ2n) is 11.8. The predicted octanol–water partition coefficient (Wildman–Crippen LogP) is 9.56. The summed E-state index contributed by atoms with van der Waals surface area (Å²) in [5.74, 6) is -0.419. The largest absolute Gasteiger partial charge is 0.332 e. The summed E-state index contributed by atoms with van der Waals surface area (Å²) < 4.78 is 0. The summed E-state index contributed by atoms with van der Waals surface area (Å²) in [4.78, 5) is 31.1. The molecule has 0 aromatic heterocycles. The van der Waals surface area contributed by atoms with Crippen molar-refractivity contribution in [3.05, 3.63) is 142 Å². The summed E-state index contributed by atoms with van der Waals surface area (Å²) in [6, 6.07) is 34.8. The van der Waals surface area contributed by atoms with Gasteiger partial charge in [0, 0.05) is 34.6 Å². The Balaban J connectivity index is 1.51. The molecule has 4 heteroatoms. The SMILES string of the molecule is CCCC1(CCC)c2cc(C(=O)c3cccc4ccccc34)ccc2-c2ccc(/C(=N\OC(C)=O)c3ccccc3C)cc21. The number of benzene rings is 5. The average molecular weight is 580 g/mol. The Bertz CT molecular complexity index is 1920. The van der Waals surface area contributed by atoms with Crippen molar-refractivity contribution in [3.8, 4) is 11.1 Å². The van der Waals surface area contributed by atoms with Gasteiger partial charge in [0.25, 0.3) is 0 Å². The molecule has 5 aromatic rings. The Hall–Kier alpha value is -4.83. The molecule has 5 aromatic carbocycles. The van der Waals surface area contributed by atoms with E-state index in [9.17, 15) is 9.59 Å². The molecule has 6 rings (SSSR count). The van der Waals surface area contributed by atoms with Crippen LogP contribution in [0.15, 0.2) is 108 Å². The van der Waals surface area contributed by atoms with Crippen LogP contribution in [0.1, 0.15) is 90.2 Å². The minimum absolute atomic E-state index is 0.0403. The molecule has 1 aliphatic rings. The van der Waals surface area contributed by atoms with Gasteiger partial charge < -0.3 is 4.84 Å². The van der Waals surface area contributed by atoms with Crippen LogP contribution >= 0.6 is 0 Å². The number of hydrogen-bond donors (Lipinski definition) is 0. The fourth-order valence-electron chi connectivity index (χ4n) is 7.09. The normalized spacial score (nSPS) is 13.4. The van der Waals surface area contributed by atoms with Crippen molar-refractivity contribution < 1.29 is 14.4 Å². The summed E-state index contributed by atoms with van der Waals surface area (Å²) >= 11 is 0. The number of nitrogens with zero attached hydrogens (tertiary/aromatic N) is 1. The zero-order valence-electron chi connectivity index (χ0n) is 25.8. The number of carbonyl (C=O) groups excluding carboxylic acids is 2. The van der Waals surface area contributed by atoms with Gasteiger partial charge in [-0.05, 0) is 70.5 Å². The smallest absolute Gasteiger partial charge is 0.318 e. The second kappa shape index (κ2) is 12.0. The van der Waals surface area contributed by atoms with Crippen molar-refractivity contribution in [1.29, 1.82) is 0 Å². The van der Waals surface area contributed by atoms with Crippen LogP contribution in [0.2, 0.25) is 0 Å². The molecule has 0 fully saturated rings. The molecule has 0 aliphatic heterocycles. The molecule has 0 spiro atoms. The lowest BCUT2D eigenvalue weighted by Crippen LogP contribution is -2.26. The summed E-state index contributed by atoms with van der Waals surface area (Å²) in [6.45, 7) is 7.85. The maximum Gasteiger partial charge on any atom is 0.332 e. The van der Waals surface area contributed by atoms with E-state index >= 15 is 0 Å². The molecule has 220 valence electrons. The Kier molecular flexibility index (Phi) is 8.01. The van der Waals surface area contributed by atoms with Crippen LogP contribution in [0.4, 0.5) is 0 Å². The lowest BCUT2D eigenvalue weighted by atomic mass is 9.71. The van der Waals surface area contributed by atoms with Gasteiger partial charge in [-0.3, -0.25) is 4.79 Å². The third-order valence-electron chi connectivity index (χ3n) is 8.95. The van der Waals surface area contributed by atoms with Gasteiger partial charge in [-0.25, -0.2) is 4.79 Å². The lowest BCUT2D eigenvalue weighted by Gasteiger charge is -2.32. The highest BCUT2D eigenvalue weighted by Gasteiger charge is 2.42. The van der Waals surface area contributed by atoms with Crippen molar-refractivity contribution in [2.24, 2.45) is 5.16 Å². The highest BCUT2D eigenvalue weighted by atomic mass is 16.7. The average Bonchev–Trinajstić information content (AvgIpc) is 3.29. The van der Waals surface area contributed by atoms with E-state index in [-0.39, 0.29) is 11.2 Å². The first kappa shape index (κ1) is 29.3. The highest BCUT2D eigenvalue weighted by Crippen LogP contribution is 2.54. The topological polar surface area (TPSA) is 55.7 Å². The van der Waals surface area contributed by atoms with Crippen molar-refractivity contribution >= 4 is 28.2 Å². The predicted molar refractivity (Wildman–Crippen MR) is 178 cm³/mol. The standard InChI is InChI=1S/C40H37NO3/c1-5-22-40(23-6-2)36-24-29(38(41-44-27(4)42)31-15-9-7-12-26(31)3)18-20-33(36)34-21-19-30(25-37(34)40)39(43)35-17-11-14-28-13-8-10-16-32(28)35/h7-21,24-25H,5-6,22-23H2,1-4H3/b41-38+. The van der Waals surface area contributed by atoms with Gasteiger partial charge in [-0.1, -0.05) is 123 Å². The Morgan fingerprint density at radius 3 is 1.98 bits per heavy atom. The summed E-state index contributed by atoms with van der Waals surface area (Å²) in [7, 11) is 0. The Morgan fingerprint density at radius 2 is 1.30 bits per heavy atom. The molecule has 0 heterocycles. The second-order valence-corrected chi connectivity index (χ2v) is 11.8. The maximum absolute atomic E-state index is 14.1. The van der Waals surface area contributed by atoms with E-state index in [1.54, 1.807) is 0 Å². The zero-order chi connectivity index (χ0) is 30.8. The molecular formula is C40H37NO3. The first-order valence-electron chi connectivity index (χ1n) is 15.5. The van der Waals surface area contributed by atoms with Gasteiger partial charge in [0.15, 0.2) is 5.78 Å².